The van der Waals surface area contributed by atoms with Gasteiger partial charge in [-0.2, -0.15) is 0 Å². The fraction of sp³-hybridized carbons (Fsp3) is 0.222. The van der Waals surface area contributed by atoms with Gasteiger partial charge >= 0.3 is 0 Å². The Hall–Kier alpha value is -3.37. The Morgan fingerprint density at radius 2 is 1.48 bits per heavy atom. The summed E-state index contributed by atoms with van der Waals surface area (Å²) in [5.41, 5.74) is 5.17. The normalized spacial score (nSPS) is 15.8. The van der Waals surface area contributed by atoms with Crippen molar-refractivity contribution in [2.45, 2.75) is 13.0 Å². The van der Waals surface area contributed by atoms with Crippen molar-refractivity contribution < 1.29 is 9.69 Å². The van der Waals surface area contributed by atoms with Crippen molar-refractivity contribution in [3.8, 4) is 0 Å². The highest BCUT2D eigenvalue weighted by Crippen LogP contribution is 2.27. The fourth-order valence-corrected chi connectivity index (χ4v) is 4.94. The Morgan fingerprint density at radius 1 is 0.871 bits per heavy atom. The molecule has 0 aliphatic carbocycles. The monoisotopic (exact) mass is 410 g/mol. The topological polar surface area (TPSA) is 40.5 Å². The number of carbonyl (C=O) groups is 1. The number of ketones is 1. The lowest BCUT2D eigenvalue weighted by atomic mass is 9.93. The number of rotatable bonds is 5. The molecule has 1 aromatic heterocycles. The average molecular weight is 411 g/mol. The minimum absolute atomic E-state index is 0.197. The van der Waals surface area contributed by atoms with E-state index < -0.39 is 0 Å². The molecule has 0 saturated carbocycles. The first-order valence-electron chi connectivity index (χ1n) is 11.0. The third-order valence-electron chi connectivity index (χ3n) is 6.47. The molecule has 5 rings (SSSR count). The Morgan fingerprint density at radius 3 is 2.19 bits per heavy atom. The molecule has 1 aliphatic heterocycles. The third-order valence-corrected chi connectivity index (χ3v) is 6.47. The molecule has 1 fully saturated rings. The molecular weight excluding hydrogens is 382 g/mol. The van der Waals surface area contributed by atoms with Crippen molar-refractivity contribution in [3.05, 3.63) is 102 Å². The molecule has 0 radical (unpaired) electrons. The number of aryl methyl sites for hydroxylation is 1. The number of fused-ring (bicyclic) bond motifs is 1. The van der Waals surface area contributed by atoms with Crippen LogP contribution < -0.4 is 9.80 Å². The van der Waals surface area contributed by atoms with Crippen LogP contribution in [0.3, 0.4) is 0 Å². The number of aromatic amines is 1. The molecule has 1 saturated heterocycles. The first kappa shape index (κ1) is 19.6. The van der Waals surface area contributed by atoms with E-state index in [-0.39, 0.29) is 11.8 Å². The summed E-state index contributed by atoms with van der Waals surface area (Å²) in [6.07, 6.45) is 0. The summed E-state index contributed by atoms with van der Waals surface area (Å²) in [6.45, 7) is 5.77. The minimum Gasteiger partial charge on any atom is -0.360 e. The fourth-order valence-electron chi connectivity index (χ4n) is 4.94. The van der Waals surface area contributed by atoms with Gasteiger partial charge in [0.25, 0.3) is 0 Å². The summed E-state index contributed by atoms with van der Waals surface area (Å²) in [4.78, 5) is 21.2. The number of Topliss-reactive ketones (excluding diaryl/α,β-unsaturated/α-hetero) is 1. The molecule has 4 aromatic rings. The predicted molar refractivity (Wildman–Crippen MR) is 126 cm³/mol. The molecule has 4 nitrogen and oxygen atoms in total. The molecule has 1 atom stereocenters. The molecule has 2 N–H and O–H groups in total. The number of anilines is 1. The molecule has 31 heavy (non-hydrogen) atoms. The van der Waals surface area contributed by atoms with E-state index in [2.05, 4.69) is 58.4 Å². The van der Waals surface area contributed by atoms with Crippen molar-refractivity contribution in [1.29, 1.82) is 0 Å². The number of piperazine rings is 1. The quantitative estimate of drug-likeness (QED) is 0.491. The zero-order valence-corrected chi connectivity index (χ0v) is 17.8. The molecule has 156 valence electrons. The molecule has 0 amide bonds. The largest absolute Gasteiger partial charge is 0.360 e. The summed E-state index contributed by atoms with van der Waals surface area (Å²) >= 11 is 0. The number of H-pyrrole nitrogens is 1. The molecule has 0 bridgehead atoms. The molecule has 3 aromatic carbocycles. The number of para-hydroxylation sites is 2. The van der Waals surface area contributed by atoms with Crippen LogP contribution in [0.4, 0.5) is 5.69 Å². The van der Waals surface area contributed by atoms with Gasteiger partial charge in [-0.25, -0.2) is 0 Å². The van der Waals surface area contributed by atoms with Gasteiger partial charge in [-0.1, -0.05) is 66.7 Å². The lowest BCUT2D eigenvalue weighted by molar-refractivity contribution is -0.921. The second-order valence-corrected chi connectivity index (χ2v) is 8.36. The second-order valence-electron chi connectivity index (χ2n) is 8.36. The van der Waals surface area contributed by atoms with Gasteiger partial charge in [0.2, 0.25) is 5.78 Å². The van der Waals surface area contributed by atoms with Crippen LogP contribution in [0.25, 0.3) is 10.9 Å². The van der Waals surface area contributed by atoms with Gasteiger partial charge in [0, 0.05) is 27.8 Å². The van der Waals surface area contributed by atoms with E-state index in [0.29, 0.717) is 0 Å². The smallest absolute Gasteiger partial charge is 0.227 e. The Labute approximate surface area is 183 Å². The highest BCUT2D eigenvalue weighted by Gasteiger charge is 2.36. The number of carbonyl (C=O) groups excluding carboxylic acids is 1. The van der Waals surface area contributed by atoms with E-state index in [4.69, 9.17) is 0 Å². The maximum Gasteiger partial charge on any atom is 0.227 e. The Balaban J connectivity index is 1.47. The van der Waals surface area contributed by atoms with Crippen molar-refractivity contribution in [1.82, 2.24) is 4.98 Å². The van der Waals surface area contributed by atoms with Crippen LogP contribution in [0.1, 0.15) is 27.7 Å². The number of benzene rings is 3. The molecule has 0 spiro atoms. The summed E-state index contributed by atoms with van der Waals surface area (Å²) in [5.74, 6) is 0.212. The maximum absolute atomic E-state index is 14.0. The van der Waals surface area contributed by atoms with Crippen LogP contribution in [0.5, 0.6) is 0 Å². The van der Waals surface area contributed by atoms with Crippen LogP contribution in [-0.4, -0.2) is 36.9 Å². The van der Waals surface area contributed by atoms with Crippen molar-refractivity contribution >= 4 is 22.4 Å². The van der Waals surface area contributed by atoms with Gasteiger partial charge in [-0.05, 0) is 25.1 Å². The van der Waals surface area contributed by atoms with Crippen molar-refractivity contribution in [3.63, 3.8) is 0 Å². The van der Waals surface area contributed by atoms with E-state index in [0.717, 1.165) is 53.9 Å². The van der Waals surface area contributed by atoms with Gasteiger partial charge in [-0.3, -0.25) is 4.79 Å². The first-order valence-corrected chi connectivity index (χ1v) is 11.0. The minimum atomic E-state index is -0.197. The van der Waals surface area contributed by atoms with Crippen LogP contribution in [0, 0.1) is 6.92 Å². The van der Waals surface area contributed by atoms with Gasteiger partial charge in [0.15, 0.2) is 6.04 Å². The molecule has 2 heterocycles. The number of hydrogen-bond acceptors (Lipinski definition) is 2. The standard InChI is InChI=1S/C27H27N3O/c1-20-25(23-14-8-9-15-24(23)28-20)27(31)26(21-10-4-2-5-11-21)30-18-16-29(17-19-30)22-12-6-3-7-13-22/h2-15,26,28H,16-19H2,1H3/p+1/t26-/m1/s1. The molecular formula is C27H28N3O+. The number of aromatic nitrogens is 1. The zero-order valence-electron chi connectivity index (χ0n) is 17.8. The highest BCUT2D eigenvalue weighted by molar-refractivity contribution is 6.11. The van der Waals surface area contributed by atoms with E-state index in [1.54, 1.807) is 0 Å². The number of hydrogen-bond donors (Lipinski definition) is 2. The van der Waals surface area contributed by atoms with Crippen molar-refractivity contribution in [2.24, 2.45) is 0 Å². The van der Waals surface area contributed by atoms with Crippen LogP contribution >= 0.6 is 0 Å². The van der Waals surface area contributed by atoms with E-state index in [9.17, 15) is 4.79 Å². The lowest BCUT2D eigenvalue weighted by Gasteiger charge is -2.37. The van der Waals surface area contributed by atoms with E-state index >= 15 is 0 Å². The molecule has 4 heteroatoms. The predicted octanol–water partition coefficient (Wildman–Crippen LogP) is 3.81. The van der Waals surface area contributed by atoms with Crippen LogP contribution in [0.15, 0.2) is 84.9 Å². The second kappa shape index (κ2) is 8.40. The zero-order chi connectivity index (χ0) is 21.2. The van der Waals surface area contributed by atoms with Gasteiger partial charge in [0.05, 0.1) is 31.7 Å². The first-order chi connectivity index (χ1) is 15.2. The Kier molecular flexibility index (Phi) is 5.31. The van der Waals surface area contributed by atoms with Crippen molar-refractivity contribution in [2.75, 3.05) is 31.1 Å². The van der Waals surface area contributed by atoms with E-state index in [1.165, 1.54) is 10.6 Å². The lowest BCUT2D eigenvalue weighted by Crippen LogP contribution is -3.15. The Bertz CT molecular complexity index is 1180. The number of quaternary nitrogens is 1. The maximum atomic E-state index is 14.0. The third kappa shape index (κ3) is 3.75. The number of nitrogens with zero attached hydrogens (tertiary/aromatic N) is 1. The molecule has 1 aliphatic rings. The van der Waals surface area contributed by atoms with Gasteiger partial charge < -0.3 is 14.8 Å². The number of nitrogens with one attached hydrogen (secondary N) is 2. The van der Waals surface area contributed by atoms with Gasteiger partial charge in [-0.15, -0.1) is 0 Å². The van der Waals surface area contributed by atoms with Crippen LogP contribution in [0.2, 0.25) is 0 Å². The summed E-state index contributed by atoms with van der Waals surface area (Å²) in [5, 5.41) is 1.02. The summed E-state index contributed by atoms with van der Waals surface area (Å²) < 4.78 is 0. The average Bonchev–Trinajstić information content (AvgIpc) is 3.16. The van der Waals surface area contributed by atoms with Gasteiger partial charge in [0.1, 0.15) is 0 Å². The summed E-state index contributed by atoms with van der Waals surface area (Å²) in [7, 11) is 0. The summed E-state index contributed by atoms with van der Waals surface area (Å²) in [6, 6.07) is 28.8. The SMILES string of the molecule is Cc1[nH]c2ccccc2c1C(=O)[C@@H](c1ccccc1)[NH+]1CCN(c2ccccc2)CC1. The highest BCUT2D eigenvalue weighted by atomic mass is 16.1. The molecule has 0 unspecified atom stereocenters. The van der Waals surface area contributed by atoms with Crippen LogP contribution in [-0.2, 0) is 0 Å². The van der Waals surface area contributed by atoms with E-state index in [1.807, 2.05) is 43.3 Å².